The minimum absolute atomic E-state index is 0.297. The normalized spacial score (nSPS) is 16.4. The number of carbonyl (C=O) groups excluding carboxylic acids is 1. The van der Waals surface area contributed by atoms with Crippen LogP contribution in [0.5, 0.6) is 0 Å². The van der Waals surface area contributed by atoms with Gasteiger partial charge in [-0.2, -0.15) is 11.8 Å². The van der Waals surface area contributed by atoms with Gasteiger partial charge >= 0.3 is 0 Å². The molecule has 2 rings (SSSR count). The fourth-order valence-electron chi connectivity index (χ4n) is 2.35. The van der Waals surface area contributed by atoms with Gasteiger partial charge in [-0.05, 0) is 24.0 Å². The summed E-state index contributed by atoms with van der Waals surface area (Å²) in [5.41, 5.74) is 1.27. The molecule has 0 atom stereocenters. The average Bonchev–Trinajstić information content (AvgIpc) is 2.48. The van der Waals surface area contributed by atoms with Gasteiger partial charge in [0.2, 0.25) is 5.91 Å². The maximum absolute atomic E-state index is 11.9. The molecule has 0 bridgehead atoms. The van der Waals surface area contributed by atoms with Crippen LogP contribution in [0.15, 0.2) is 24.3 Å². The van der Waals surface area contributed by atoms with E-state index in [4.69, 9.17) is 11.6 Å². The third-order valence-corrected chi connectivity index (χ3v) is 4.43. The van der Waals surface area contributed by atoms with Crippen LogP contribution in [0.25, 0.3) is 0 Å². The van der Waals surface area contributed by atoms with Gasteiger partial charge in [0.25, 0.3) is 0 Å². The van der Waals surface area contributed by atoms with Crippen LogP contribution in [0.3, 0.4) is 0 Å². The third-order valence-electron chi connectivity index (χ3n) is 3.56. The average molecular weight is 313 g/mol. The van der Waals surface area contributed by atoms with Gasteiger partial charge in [-0.3, -0.25) is 9.69 Å². The predicted molar refractivity (Wildman–Crippen MR) is 86.3 cm³/mol. The Bertz CT molecular complexity index is 430. The van der Waals surface area contributed by atoms with Crippen molar-refractivity contribution >= 4 is 29.3 Å². The zero-order valence-electron chi connectivity index (χ0n) is 11.8. The third kappa shape index (κ3) is 4.69. The number of hydrogen-bond acceptors (Lipinski definition) is 3. The maximum Gasteiger partial charge on any atom is 0.223 e. The lowest BCUT2D eigenvalue weighted by molar-refractivity contribution is -0.132. The molecule has 0 saturated carbocycles. The number of rotatable bonds is 5. The summed E-state index contributed by atoms with van der Waals surface area (Å²) in [6.07, 6.45) is 2.70. The molecule has 3 nitrogen and oxygen atoms in total. The van der Waals surface area contributed by atoms with Crippen molar-refractivity contribution in [3.05, 3.63) is 34.9 Å². The molecule has 1 heterocycles. The highest BCUT2D eigenvalue weighted by molar-refractivity contribution is 7.98. The minimum atomic E-state index is 0.297. The second kappa shape index (κ2) is 7.91. The second-order valence-corrected chi connectivity index (χ2v) is 6.45. The van der Waals surface area contributed by atoms with E-state index in [0.29, 0.717) is 12.3 Å². The molecule has 1 fully saturated rings. The van der Waals surface area contributed by atoms with Gasteiger partial charge < -0.3 is 4.90 Å². The lowest BCUT2D eigenvalue weighted by Gasteiger charge is -2.34. The Labute approximate surface area is 130 Å². The van der Waals surface area contributed by atoms with E-state index in [1.165, 1.54) is 5.56 Å². The van der Waals surface area contributed by atoms with Crippen molar-refractivity contribution in [2.45, 2.75) is 13.0 Å². The molecule has 1 aliphatic rings. The molecule has 0 spiro atoms. The molecular formula is C15H21ClN2OS. The summed E-state index contributed by atoms with van der Waals surface area (Å²) in [7, 11) is 0. The van der Waals surface area contributed by atoms with Crippen molar-refractivity contribution in [1.82, 2.24) is 9.80 Å². The first-order valence-electron chi connectivity index (χ1n) is 6.92. The molecule has 1 saturated heterocycles. The summed E-state index contributed by atoms with van der Waals surface area (Å²) in [6.45, 7) is 4.53. The maximum atomic E-state index is 11.9. The predicted octanol–water partition coefficient (Wildman–Crippen LogP) is 2.74. The summed E-state index contributed by atoms with van der Waals surface area (Å²) in [4.78, 5) is 16.3. The molecule has 1 aromatic rings. The molecule has 1 aromatic carbocycles. The number of hydrogen-bond donors (Lipinski definition) is 0. The number of benzene rings is 1. The fraction of sp³-hybridized carbons (Fsp3) is 0.533. The molecule has 20 heavy (non-hydrogen) atoms. The summed E-state index contributed by atoms with van der Waals surface area (Å²) in [6, 6.07) is 7.99. The number of amides is 1. The lowest BCUT2D eigenvalue weighted by Crippen LogP contribution is -2.48. The standard InChI is InChI=1S/C15H21ClN2OS/c1-20-11-6-15(19)18-9-7-17(8-10-18)12-13-2-4-14(16)5-3-13/h2-5H,6-12H2,1H3. The van der Waals surface area contributed by atoms with Crippen LogP contribution in [0.2, 0.25) is 5.02 Å². The molecule has 1 amide bonds. The van der Waals surface area contributed by atoms with Crippen LogP contribution in [0.1, 0.15) is 12.0 Å². The van der Waals surface area contributed by atoms with Crippen molar-refractivity contribution in [2.75, 3.05) is 38.2 Å². The largest absolute Gasteiger partial charge is 0.340 e. The molecule has 110 valence electrons. The zero-order chi connectivity index (χ0) is 14.4. The first kappa shape index (κ1) is 15.7. The SMILES string of the molecule is CSCCC(=O)N1CCN(Cc2ccc(Cl)cc2)CC1. The molecule has 0 aliphatic carbocycles. The van der Waals surface area contributed by atoms with E-state index in [-0.39, 0.29) is 0 Å². The number of piperazine rings is 1. The van der Waals surface area contributed by atoms with E-state index in [2.05, 4.69) is 17.0 Å². The van der Waals surface area contributed by atoms with Gasteiger partial charge in [0.15, 0.2) is 0 Å². The Morgan fingerprint density at radius 1 is 1.20 bits per heavy atom. The molecule has 0 unspecified atom stereocenters. The number of halogens is 1. The Morgan fingerprint density at radius 3 is 2.45 bits per heavy atom. The molecule has 0 aromatic heterocycles. The van der Waals surface area contributed by atoms with Crippen molar-refractivity contribution in [2.24, 2.45) is 0 Å². The van der Waals surface area contributed by atoms with E-state index in [1.54, 1.807) is 11.8 Å². The van der Waals surface area contributed by atoms with Crippen molar-refractivity contribution in [3.63, 3.8) is 0 Å². The van der Waals surface area contributed by atoms with Gasteiger partial charge in [-0.1, -0.05) is 23.7 Å². The van der Waals surface area contributed by atoms with Gasteiger partial charge in [-0.25, -0.2) is 0 Å². The Kier molecular flexibility index (Phi) is 6.20. The first-order valence-corrected chi connectivity index (χ1v) is 8.70. The highest BCUT2D eigenvalue weighted by atomic mass is 35.5. The lowest BCUT2D eigenvalue weighted by atomic mass is 10.2. The first-order chi connectivity index (χ1) is 9.69. The van der Waals surface area contributed by atoms with Gasteiger partial charge in [-0.15, -0.1) is 0 Å². The summed E-state index contributed by atoms with van der Waals surface area (Å²) in [5, 5.41) is 0.776. The van der Waals surface area contributed by atoms with Crippen molar-refractivity contribution < 1.29 is 4.79 Å². The van der Waals surface area contributed by atoms with E-state index >= 15 is 0 Å². The topological polar surface area (TPSA) is 23.6 Å². The number of carbonyl (C=O) groups is 1. The van der Waals surface area contributed by atoms with Crippen LogP contribution < -0.4 is 0 Å². The van der Waals surface area contributed by atoms with Gasteiger partial charge in [0, 0.05) is 49.9 Å². The number of thioether (sulfide) groups is 1. The van der Waals surface area contributed by atoms with Gasteiger partial charge in [0.1, 0.15) is 0 Å². The Morgan fingerprint density at radius 2 is 1.85 bits per heavy atom. The van der Waals surface area contributed by atoms with E-state index in [1.807, 2.05) is 23.3 Å². The minimum Gasteiger partial charge on any atom is -0.340 e. The molecule has 0 radical (unpaired) electrons. The summed E-state index contributed by atoms with van der Waals surface area (Å²) < 4.78 is 0. The smallest absolute Gasteiger partial charge is 0.223 e. The van der Waals surface area contributed by atoms with E-state index in [9.17, 15) is 4.79 Å². The second-order valence-electron chi connectivity index (χ2n) is 5.03. The fourth-order valence-corrected chi connectivity index (χ4v) is 2.86. The summed E-state index contributed by atoms with van der Waals surface area (Å²) >= 11 is 7.62. The zero-order valence-corrected chi connectivity index (χ0v) is 13.4. The van der Waals surface area contributed by atoms with E-state index in [0.717, 1.165) is 43.5 Å². The molecule has 5 heteroatoms. The Hall–Kier alpha value is -0.710. The van der Waals surface area contributed by atoms with Crippen molar-refractivity contribution in [1.29, 1.82) is 0 Å². The van der Waals surface area contributed by atoms with Gasteiger partial charge in [0.05, 0.1) is 0 Å². The highest BCUT2D eigenvalue weighted by Crippen LogP contribution is 2.13. The molecule has 1 aliphatic heterocycles. The quantitative estimate of drug-likeness (QED) is 0.835. The molecular weight excluding hydrogens is 292 g/mol. The highest BCUT2D eigenvalue weighted by Gasteiger charge is 2.20. The van der Waals surface area contributed by atoms with Crippen molar-refractivity contribution in [3.8, 4) is 0 Å². The van der Waals surface area contributed by atoms with Crippen LogP contribution in [-0.2, 0) is 11.3 Å². The van der Waals surface area contributed by atoms with Crippen LogP contribution in [0, 0.1) is 0 Å². The Balaban J connectivity index is 1.76. The molecule has 0 N–H and O–H groups in total. The monoisotopic (exact) mass is 312 g/mol. The van der Waals surface area contributed by atoms with Crippen LogP contribution >= 0.6 is 23.4 Å². The summed E-state index contributed by atoms with van der Waals surface area (Å²) in [5.74, 6) is 1.22. The van der Waals surface area contributed by atoms with Crippen LogP contribution in [-0.4, -0.2) is 53.9 Å². The van der Waals surface area contributed by atoms with E-state index < -0.39 is 0 Å². The van der Waals surface area contributed by atoms with Crippen LogP contribution in [0.4, 0.5) is 0 Å². The number of nitrogens with zero attached hydrogens (tertiary/aromatic N) is 2.